The summed E-state index contributed by atoms with van der Waals surface area (Å²) in [6, 6.07) is 16.2. The van der Waals surface area contributed by atoms with Gasteiger partial charge in [0.05, 0.1) is 12.2 Å². The average Bonchev–Trinajstić information content (AvgIpc) is 3.39. The number of hydrogen-bond acceptors (Lipinski definition) is 7. The number of hydroxylamine groups is 1. The lowest BCUT2D eigenvalue weighted by molar-refractivity contribution is -0.128. The lowest BCUT2D eigenvalue weighted by Crippen LogP contribution is -2.26. The summed E-state index contributed by atoms with van der Waals surface area (Å²) in [6.45, 7) is 4.60. The fraction of sp³-hybridized carbons (Fsp3) is 0.304. The number of rotatable bonds is 7. The maximum Gasteiger partial charge on any atom is 0.247 e. The molecule has 1 aromatic heterocycles. The number of nitrogens with one attached hydrogen (secondary N) is 1. The largest absolute Gasteiger partial charge is 0.438 e. The summed E-state index contributed by atoms with van der Waals surface area (Å²) >= 11 is 0. The van der Waals surface area contributed by atoms with E-state index in [1.807, 2.05) is 35.3 Å². The van der Waals surface area contributed by atoms with E-state index in [9.17, 15) is 4.79 Å². The highest BCUT2D eigenvalue weighted by atomic mass is 16.5. The molecule has 0 spiro atoms. The van der Waals surface area contributed by atoms with E-state index in [0.29, 0.717) is 18.1 Å². The molecule has 0 saturated heterocycles. The van der Waals surface area contributed by atoms with E-state index < -0.39 is 5.91 Å². The van der Waals surface area contributed by atoms with Gasteiger partial charge in [-0.1, -0.05) is 55.5 Å². The topological polar surface area (TPSA) is 103 Å². The van der Waals surface area contributed by atoms with Gasteiger partial charge in [-0.15, -0.1) is 5.11 Å². The van der Waals surface area contributed by atoms with E-state index in [0.717, 1.165) is 23.1 Å². The number of carbonyl (C=O) groups is 1. The molecule has 8 heteroatoms. The van der Waals surface area contributed by atoms with E-state index in [-0.39, 0.29) is 18.4 Å². The van der Waals surface area contributed by atoms with Crippen LogP contribution in [0.1, 0.15) is 43.3 Å². The van der Waals surface area contributed by atoms with E-state index >= 15 is 0 Å². The molecule has 4 rings (SSSR count). The van der Waals surface area contributed by atoms with Crippen LogP contribution >= 0.6 is 0 Å². The molecular formula is C23H25N5O3. The van der Waals surface area contributed by atoms with E-state index in [2.05, 4.69) is 42.4 Å². The van der Waals surface area contributed by atoms with Crippen LogP contribution in [0.25, 0.3) is 11.1 Å². The molecule has 2 heterocycles. The van der Waals surface area contributed by atoms with Crippen LogP contribution in [-0.4, -0.2) is 27.7 Å². The summed E-state index contributed by atoms with van der Waals surface area (Å²) in [6.07, 6.45) is 2.52. The lowest BCUT2D eigenvalue weighted by atomic mass is 10.0. The molecule has 1 unspecified atom stereocenters. The third kappa shape index (κ3) is 4.80. The van der Waals surface area contributed by atoms with Gasteiger partial charge >= 0.3 is 0 Å². The summed E-state index contributed by atoms with van der Waals surface area (Å²) in [5, 5.41) is 18.9. The Morgan fingerprint density at radius 2 is 2.03 bits per heavy atom. The number of benzene rings is 2. The first-order valence-corrected chi connectivity index (χ1v) is 10.3. The molecule has 1 aliphatic rings. The van der Waals surface area contributed by atoms with Crippen molar-refractivity contribution in [1.82, 2.24) is 15.5 Å². The standard InChI is InChI=1S/C23H25N5O3/c1-15(2)22(28-14-18(25-27-28)9-11-21(29)26-30)23-24-19-10-8-17(13-20(19)31-23)12-16-6-4-3-5-7-16/h3-10,13,15,22,30H,11-12,14H2,1-2H3,(H,26,29)/b18-9-. The molecule has 1 amide bonds. The van der Waals surface area contributed by atoms with Crippen molar-refractivity contribution in [2.75, 3.05) is 6.54 Å². The average molecular weight is 419 g/mol. The van der Waals surface area contributed by atoms with Crippen LogP contribution in [0, 0.1) is 5.92 Å². The second kappa shape index (κ2) is 9.09. The van der Waals surface area contributed by atoms with Gasteiger partial charge in [0.2, 0.25) is 11.8 Å². The molecule has 2 aromatic carbocycles. The number of carbonyl (C=O) groups excluding carboxylic acids is 1. The smallest absolute Gasteiger partial charge is 0.247 e. The van der Waals surface area contributed by atoms with Crippen molar-refractivity contribution in [3.8, 4) is 0 Å². The van der Waals surface area contributed by atoms with Crippen LogP contribution < -0.4 is 5.48 Å². The highest BCUT2D eigenvalue weighted by Gasteiger charge is 2.31. The van der Waals surface area contributed by atoms with Gasteiger partial charge in [-0.25, -0.2) is 10.5 Å². The molecule has 2 N–H and O–H groups in total. The van der Waals surface area contributed by atoms with Crippen molar-refractivity contribution in [3.05, 3.63) is 77.3 Å². The maximum atomic E-state index is 11.2. The molecule has 1 aliphatic heterocycles. The van der Waals surface area contributed by atoms with Crippen molar-refractivity contribution in [1.29, 1.82) is 0 Å². The van der Waals surface area contributed by atoms with Crippen molar-refractivity contribution < 1.29 is 14.4 Å². The monoisotopic (exact) mass is 419 g/mol. The van der Waals surface area contributed by atoms with Crippen molar-refractivity contribution >= 4 is 17.0 Å². The molecular weight excluding hydrogens is 394 g/mol. The zero-order valence-corrected chi connectivity index (χ0v) is 17.5. The van der Waals surface area contributed by atoms with E-state index in [4.69, 9.17) is 14.6 Å². The maximum absolute atomic E-state index is 11.2. The molecule has 8 nitrogen and oxygen atoms in total. The Balaban J connectivity index is 1.54. The predicted molar refractivity (Wildman–Crippen MR) is 115 cm³/mol. The van der Waals surface area contributed by atoms with Crippen LogP contribution in [0.2, 0.25) is 0 Å². The third-order valence-corrected chi connectivity index (χ3v) is 5.19. The zero-order valence-electron chi connectivity index (χ0n) is 17.5. The number of aromatic nitrogens is 1. The highest BCUT2D eigenvalue weighted by molar-refractivity contribution is 5.76. The Morgan fingerprint density at radius 1 is 1.23 bits per heavy atom. The van der Waals surface area contributed by atoms with Gasteiger partial charge in [0, 0.05) is 6.42 Å². The van der Waals surface area contributed by atoms with Crippen LogP contribution in [0.5, 0.6) is 0 Å². The number of amides is 1. The van der Waals surface area contributed by atoms with E-state index in [1.165, 1.54) is 5.56 Å². The Labute approximate surface area is 180 Å². The van der Waals surface area contributed by atoms with Crippen molar-refractivity contribution in [2.24, 2.45) is 16.3 Å². The number of hydrogen-bond donors (Lipinski definition) is 2. The van der Waals surface area contributed by atoms with Gasteiger partial charge in [-0.2, -0.15) is 0 Å². The molecule has 0 fully saturated rings. The summed E-state index contributed by atoms with van der Waals surface area (Å²) in [4.78, 5) is 16.0. The minimum Gasteiger partial charge on any atom is -0.438 e. The number of fused-ring (bicyclic) bond motifs is 1. The lowest BCUT2D eigenvalue weighted by Gasteiger charge is -2.25. The zero-order chi connectivity index (χ0) is 21.8. The van der Waals surface area contributed by atoms with Crippen molar-refractivity contribution in [3.63, 3.8) is 0 Å². The molecule has 1 atom stereocenters. The van der Waals surface area contributed by atoms with Gasteiger partial charge in [0.1, 0.15) is 11.6 Å². The fourth-order valence-electron chi connectivity index (χ4n) is 3.67. The van der Waals surface area contributed by atoms with Crippen LogP contribution in [0.4, 0.5) is 0 Å². The van der Waals surface area contributed by atoms with Gasteiger partial charge < -0.3 is 4.42 Å². The van der Waals surface area contributed by atoms with Gasteiger partial charge in [-0.3, -0.25) is 15.0 Å². The Kier molecular flexibility index (Phi) is 6.08. The van der Waals surface area contributed by atoms with Gasteiger partial charge in [-0.05, 0) is 41.7 Å². The minimum atomic E-state index is -0.494. The molecule has 31 heavy (non-hydrogen) atoms. The highest BCUT2D eigenvalue weighted by Crippen LogP contribution is 2.34. The summed E-state index contributed by atoms with van der Waals surface area (Å²) in [5.74, 6) is 0.276. The Bertz CT molecular complexity index is 1120. The normalized spacial score (nSPS) is 15.9. The van der Waals surface area contributed by atoms with Crippen molar-refractivity contribution in [2.45, 2.75) is 32.7 Å². The first-order chi connectivity index (χ1) is 15.0. The molecule has 160 valence electrons. The summed E-state index contributed by atoms with van der Waals surface area (Å²) in [7, 11) is 0. The first kappa shape index (κ1) is 20.7. The molecule has 3 aromatic rings. The van der Waals surface area contributed by atoms with Crippen LogP contribution in [0.15, 0.2) is 75.1 Å². The molecule has 0 aliphatic carbocycles. The number of oxazole rings is 1. The molecule has 0 bridgehead atoms. The second-order valence-corrected chi connectivity index (χ2v) is 7.93. The summed E-state index contributed by atoms with van der Waals surface area (Å²) in [5.41, 5.74) is 6.24. The van der Waals surface area contributed by atoms with Crippen LogP contribution in [-0.2, 0) is 11.2 Å². The Hall–Kier alpha value is -3.52. The molecule has 0 saturated carbocycles. The SMILES string of the molecule is CC(C)C(c1nc2ccc(Cc3ccccc3)cc2o1)N1C/C(=C/CC(=O)NO)N=N1. The predicted octanol–water partition coefficient (Wildman–Crippen LogP) is 4.58. The first-order valence-electron chi connectivity index (χ1n) is 10.3. The summed E-state index contributed by atoms with van der Waals surface area (Å²) < 4.78 is 6.16. The van der Waals surface area contributed by atoms with E-state index in [1.54, 1.807) is 11.6 Å². The quantitative estimate of drug-likeness (QED) is 0.431. The molecule has 0 radical (unpaired) electrons. The van der Waals surface area contributed by atoms with Gasteiger partial charge in [0.15, 0.2) is 5.58 Å². The van der Waals surface area contributed by atoms with Gasteiger partial charge in [0.25, 0.3) is 0 Å². The number of nitrogens with zero attached hydrogens (tertiary/aromatic N) is 4. The minimum absolute atomic E-state index is 0.0398. The third-order valence-electron chi connectivity index (χ3n) is 5.19. The van der Waals surface area contributed by atoms with Crippen LogP contribution in [0.3, 0.4) is 0 Å². The Morgan fingerprint density at radius 3 is 2.77 bits per heavy atom. The fourth-order valence-corrected chi connectivity index (χ4v) is 3.67. The second-order valence-electron chi connectivity index (χ2n) is 7.93.